The Hall–Kier alpha value is -2.41. The van der Waals surface area contributed by atoms with Gasteiger partial charge in [0.15, 0.2) is 5.69 Å². The van der Waals surface area contributed by atoms with Crippen molar-refractivity contribution in [3.63, 3.8) is 0 Å². The summed E-state index contributed by atoms with van der Waals surface area (Å²) >= 11 is 0. The van der Waals surface area contributed by atoms with E-state index in [4.69, 9.17) is 9.47 Å². The predicted octanol–water partition coefficient (Wildman–Crippen LogP) is 2.46. The van der Waals surface area contributed by atoms with Crippen LogP contribution in [0.2, 0.25) is 0 Å². The number of hydrogen-bond donors (Lipinski definition) is 2. The van der Waals surface area contributed by atoms with Gasteiger partial charge in [0.25, 0.3) is 5.56 Å². The van der Waals surface area contributed by atoms with Crippen LogP contribution in [0.5, 0.6) is 5.75 Å². The number of hydrogen-bond acceptors (Lipinski definition) is 6. The van der Waals surface area contributed by atoms with Gasteiger partial charge in [-0.3, -0.25) is 9.78 Å². The van der Waals surface area contributed by atoms with E-state index in [-0.39, 0.29) is 11.3 Å². The maximum atomic E-state index is 12.1. The molecule has 2 N–H and O–H groups in total. The number of rotatable bonds is 10. The van der Waals surface area contributed by atoms with E-state index in [1.807, 2.05) is 0 Å². The monoisotopic (exact) mass is 332 g/mol. The number of benzene rings is 1. The third kappa shape index (κ3) is 5.34. The Morgan fingerprint density at radius 1 is 1.12 bits per heavy atom. The van der Waals surface area contributed by atoms with Crippen molar-refractivity contribution in [2.24, 2.45) is 0 Å². The summed E-state index contributed by atoms with van der Waals surface area (Å²) in [5, 5.41) is 11.1. The van der Waals surface area contributed by atoms with E-state index < -0.39 is 0 Å². The normalized spacial score (nSPS) is 10.6. The quantitative estimate of drug-likeness (QED) is 0.650. The van der Waals surface area contributed by atoms with Crippen molar-refractivity contribution in [2.45, 2.75) is 26.2 Å². The smallest absolute Gasteiger partial charge is 0.279 e. The lowest BCUT2D eigenvalue weighted by Gasteiger charge is -2.06. The molecule has 1 heterocycles. The van der Waals surface area contributed by atoms with Crippen LogP contribution >= 0.6 is 0 Å². The molecule has 0 aliphatic heterocycles. The summed E-state index contributed by atoms with van der Waals surface area (Å²) in [7, 11) is 1.59. The molecule has 0 atom stereocenters. The molecule has 0 spiro atoms. The summed E-state index contributed by atoms with van der Waals surface area (Å²) in [6.07, 6.45) is 3.06. The average Bonchev–Trinajstić information content (AvgIpc) is 2.61. The molecular formula is C17H24N4O3. The van der Waals surface area contributed by atoms with Crippen LogP contribution < -0.4 is 15.6 Å². The van der Waals surface area contributed by atoms with Gasteiger partial charge in [-0.25, -0.2) is 0 Å². The van der Waals surface area contributed by atoms with Crippen LogP contribution in [-0.2, 0) is 4.74 Å². The molecule has 0 unspecified atom stereocenters. The van der Waals surface area contributed by atoms with Crippen LogP contribution in [0.4, 0.5) is 5.95 Å². The lowest BCUT2D eigenvalue weighted by Crippen LogP contribution is -2.18. The van der Waals surface area contributed by atoms with Gasteiger partial charge < -0.3 is 14.8 Å². The average molecular weight is 332 g/mol. The number of methoxy groups -OCH3 is 1. The molecular weight excluding hydrogens is 308 g/mol. The lowest BCUT2D eigenvalue weighted by atomic mass is 10.1. The molecule has 7 heteroatoms. The molecule has 0 aliphatic rings. The molecule has 0 saturated heterocycles. The molecule has 24 heavy (non-hydrogen) atoms. The number of ether oxygens (including phenoxy) is 2. The third-order valence-electron chi connectivity index (χ3n) is 3.46. The van der Waals surface area contributed by atoms with Crippen LogP contribution in [0, 0.1) is 0 Å². The fourth-order valence-corrected chi connectivity index (χ4v) is 2.08. The molecule has 130 valence electrons. The minimum atomic E-state index is -0.281. The summed E-state index contributed by atoms with van der Waals surface area (Å²) in [5.41, 5.74) is 0.698. The molecule has 0 bridgehead atoms. The standard InChI is InChI=1S/C17H24N4O3/c1-3-4-11-24-12-5-10-18-17-19-16(22)15(20-21-17)13-6-8-14(23-2)9-7-13/h6-9H,3-5,10-12H2,1-2H3,(H2,18,19,21,22). The molecule has 0 fully saturated rings. The Kier molecular flexibility index (Phi) is 7.22. The SMILES string of the molecule is CCCCOCCCNc1nnc(-c2ccc(OC)cc2)c(=O)[nH]1. The number of aromatic amines is 1. The van der Waals surface area contributed by atoms with Crippen LogP contribution in [0.15, 0.2) is 29.1 Å². The molecule has 1 aromatic heterocycles. The molecule has 7 nitrogen and oxygen atoms in total. The van der Waals surface area contributed by atoms with Crippen LogP contribution in [0.25, 0.3) is 11.3 Å². The van der Waals surface area contributed by atoms with E-state index in [0.29, 0.717) is 24.7 Å². The van der Waals surface area contributed by atoms with E-state index >= 15 is 0 Å². The second-order valence-electron chi connectivity index (χ2n) is 5.33. The molecule has 0 radical (unpaired) electrons. The van der Waals surface area contributed by atoms with Crippen molar-refractivity contribution in [1.82, 2.24) is 15.2 Å². The van der Waals surface area contributed by atoms with E-state index in [9.17, 15) is 4.79 Å². The molecule has 1 aromatic carbocycles. The highest BCUT2D eigenvalue weighted by molar-refractivity contribution is 5.58. The molecule has 0 amide bonds. The van der Waals surface area contributed by atoms with Crippen molar-refractivity contribution >= 4 is 5.95 Å². The molecule has 2 aromatic rings. The summed E-state index contributed by atoms with van der Waals surface area (Å²) in [5.74, 6) is 1.09. The van der Waals surface area contributed by atoms with E-state index in [1.54, 1.807) is 31.4 Å². The maximum absolute atomic E-state index is 12.1. The number of nitrogens with zero attached hydrogens (tertiary/aromatic N) is 2. The molecule has 2 rings (SSSR count). The minimum absolute atomic E-state index is 0.281. The van der Waals surface area contributed by atoms with Gasteiger partial charge in [0.05, 0.1) is 7.11 Å². The van der Waals surface area contributed by atoms with Gasteiger partial charge in [0.2, 0.25) is 5.95 Å². The highest BCUT2D eigenvalue weighted by Gasteiger charge is 2.07. The van der Waals surface area contributed by atoms with Crippen LogP contribution in [-0.4, -0.2) is 42.0 Å². The molecule has 0 saturated carbocycles. The second kappa shape index (κ2) is 9.67. The van der Waals surface area contributed by atoms with Crippen molar-refractivity contribution in [3.8, 4) is 17.0 Å². The van der Waals surface area contributed by atoms with Gasteiger partial charge in [-0.2, -0.15) is 0 Å². The van der Waals surface area contributed by atoms with Gasteiger partial charge in [-0.1, -0.05) is 13.3 Å². The van der Waals surface area contributed by atoms with Crippen molar-refractivity contribution in [1.29, 1.82) is 0 Å². The number of unbranched alkanes of at least 4 members (excludes halogenated alkanes) is 1. The summed E-state index contributed by atoms with van der Waals surface area (Å²) in [4.78, 5) is 14.8. The first kappa shape index (κ1) is 17.9. The maximum Gasteiger partial charge on any atom is 0.279 e. The summed E-state index contributed by atoms with van der Waals surface area (Å²) in [6.45, 7) is 4.28. The Morgan fingerprint density at radius 2 is 1.88 bits per heavy atom. The van der Waals surface area contributed by atoms with E-state index in [1.165, 1.54) is 0 Å². The summed E-state index contributed by atoms with van der Waals surface area (Å²) < 4.78 is 10.6. The first-order valence-electron chi connectivity index (χ1n) is 8.17. The zero-order valence-corrected chi connectivity index (χ0v) is 14.2. The van der Waals surface area contributed by atoms with Gasteiger partial charge >= 0.3 is 0 Å². The topological polar surface area (TPSA) is 89.1 Å². The van der Waals surface area contributed by atoms with Crippen molar-refractivity contribution in [3.05, 3.63) is 34.6 Å². The highest BCUT2D eigenvalue weighted by Crippen LogP contribution is 2.17. The first-order chi connectivity index (χ1) is 11.7. The van der Waals surface area contributed by atoms with Crippen LogP contribution in [0.3, 0.4) is 0 Å². The van der Waals surface area contributed by atoms with E-state index in [2.05, 4.69) is 27.4 Å². The fourth-order valence-electron chi connectivity index (χ4n) is 2.08. The Morgan fingerprint density at radius 3 is 2.54 bits per heavy atom. The van der Waals surface area contributed by atoms with Gasteiger partial charge in [0.1, 0.15) is 5.75 Å². The van der Waals surface area contributed by atoms with Gasteiger partial charge in [0, 0.05) is 25.3 Å². The lowest BCUT2D eigenvalue weighted by molar-refractivity contribution is 0.131. The van der Waals surface area contributed by atoms with Gasteiger partial charge in [-0.05, 0) is 37.1 Å². The van der Waals surface area contributed by atoms with Gasteiger partial charge in [-0.15, -0.1) is 10.2 Å². The fraction of sp³-hybridized carbons (Fsp3) is 0.471. The minimum Gasteiger partial charge on any atom is -0.497 e. The Bertz CT molecular complexity index is 670. The largest absolute Gasteiger partial charge is 0.497 e. The first-order valence-corrected chi connectivity index (χ1v) is 8.17. The Labute approximate surface area is 141 Å². The zero-order valence-electron chi connectivity index (χ0n) is 14.2. The number of anilines is 1. The van der Waals surface area contributed by atoms with Crippen molar-refractivity contribution in [2.75, 3.05) is 32.2 Å². The van der Waals surface area contributed by atoms with Crippen molar-refractivity contribution < 1.29 is 9.47 Å². The number of aromatic nitrogens is 3. The number of H-pyrrole nitrogens is 1. The van der Waals surface area contributed by atoms with Crippen LogP contribution in [0.1, 0.15) is 26.2 Å². The molecule has 0 aliphatic carbocycles. The predicted molar refractivity (Wildman–Crippen MR) is 93.5 cm³/mol. The second-order valence-corrected chi connectivity index (χ2v) is 5.33. The highest BCUT2D eigenvalue weighted by atomic mass is 16.5. The number of nitrogens with one attached hydrogen (secondary N) is 2. The zero-order chi connectivity index (χ0) is 17.2. The summed E-state index contributed by atoms with van der Waals surface area (Å²) in [6, 6.07) is 7.11. The third-order valence-corrected chi connectivity index (χ3v) is 3.46. The Balaban J connectivity index is 1.86. The van der Waals surface area contributed by atoms with E-state index in [0.717, 1.165) is 31.6 Å².